The van der Waals surface area contributed by atoms with E-state index in [2.05, 4.69) is 0 Å². The van der Waals surface area contributed by atoms with Crippen molar-refractivity contribution in [3.05, 3.63) is 29.8 Å². The van der Waals surface area contributed by atoms with E-state index in [1.54, 1.807) is 12.1 Å². The third-order valence-corrected chi connectivity index (χ3v) is 2.49. The van der Waals surface area contributed by atoms with Crippen molar-refractivity contribution in [1.82, 2.24) is 0 Å². The van der Waals surface area contributed by atoms with E-state index in [4.69, 9.17) is 5.11 Å². The van der Waals surface area contributed by atoms with E-state index in [9.17, 15) is 9.18 Å². The predicted octanol–water partition coefficient (Wildman–Crippen LogP) is 1.47. The molecule has 1 saturated heterocycles. The monoisotopic (exact) mass is 209 g/mol. The Morgan fingerprint density at radius 3 is 2.47 bits per heavy atom. The molecule has 1 aliphatic rings. The number of carbonyl (C=O) groups is 1. The zero-order valence-electron chi connectivity index (χ0n) is 8.19. The summed E-state index contributed by atoms with van der Waals surface area (Å²) in [5.41, 5.74) is 1.72. The molecule has 0 saturated carbocycles. The first-order valence-corrected chi connectivity index (χ1v) is 4.85. The summed E-state index contributed by atoms with van der Waals surface area (Å²) in [6, 6.07) is 7.22. The second-order valence-corrected chi connectivity index (χ2v) is 3.74. The van der Waals surface area contributed by atoms with Crippen molar-refractivity contribution in [2.45, 2.75) is 12.6 Å². The molecule has 0 atom stereocenters. The molecule has 15 heavy (non-hydrogen) atoms. The number of rotatable bonds is 3. The average Bonchev–Trinajstić information content (AvgIpc) is 2.14. The molecule has 0 aliphatic carbocycles. The number of aliphatic carboxylic acids is 1. The quantitative estimate of drug-likeness (QED) is 0.819. The molecule has 1 fully saturated rings. The lowest BCUT2D eigenvalue weighted by molar-refractivity contribution is -0.136. The number of hydrogen-bond donors (Lipinski definition) is 1. The van der Waals surface area contributed by atoms with Gasteiger partial charge in [0.1, 0.15) is 6.17 Å². The number of benzene rings is 1. The van der Waals surface area contributed by atoms with Crippen molar-refractivity contribution >= 4 is 11.7 Å². The number of nitrogens with zero attached hydrogens (tertiary/aromatic N) is 1. The molecule has 1 aromatic carbocycles. The Kier molecular flexibility index (Phi) is 2.58. The molecule has 1 aromatic rings. The van der Waals surface area contributed by atoms with Crippen molar-refractivity contribution in [3.63, 3.8) is 0 Å². The van der Waals surface area contributed by atoms with E-state index in [1.165, 1.54) is 0 Å². The molecular formula is C11H12FNO2. The van der Waals surface area contributed by atoms with E-state index in [0.29, 0.717) is 13.1 Å². The van der Waals surface area contributed by atoms with Gasteiger partial charge in [-0.2, -0.15) is 0 Å². The smallest absolute Gasteiger partial charge is 0.307 e. The van der Waals surface area contributed by atoms with Crippen LogP contribution in [0.15, 0.2) is 24.3 Å². The van der Waals surface area contributed by atoms with Gasteiger partial charge < -0.3 is 10.0 Å². The molecule has 0 unspecified atom stereocenters. The number of hydrogen-bond acceptors (Lipinski definition) is 2. The van der Waals surface area contributed by atoms with Crippen molar-refractivity contribution in [1.29, 1.82) is 0 Å². The summed E-state index contributed by atoms with van der Waals surface area (Å²) in [4.78, 5) is 12.4. The van der Waals surface area contributed by atoms with Gasteiger partial charge in [-0.15, -0.1) is 0 Å². The standard InChI is InChI=1S/C11H12FNO2/c12-9-6-13(7-9)10-3-1-8(2-4-10)5-11(14)15/h1-4,9H,5-7H2,(H,14,15). The highest BCUT2D eigenvalue weighted by Crippen LogP contribution is 2.22. The Labute approximate surface area is 87.1 Å². The lowest BCUT2D eigenvalue weighted by Crippen LogP contribution is -2.48. The summed E-state index contributed by atoms with van der Waals surface area (Å²) in [5, 5.41) is 8.58. The largest absolute Gasteiger partial charge is 0.481 e. The zero-order chi connectivity index (χ0) is 10.8. The van der Waals surface area contributed by atoms with Gasteiger partial charge in [0.2, 0.25) is 0 Å². The number of alkyl halides is 1. The first-order valence-electron chi connectivity index (χ1n) is 4.85. The van der Waals surface area contributed by atoms with Crippen LogP contribution in [0.1, 0.15) is 5.56 Å². The van der Waals surface area contributed by atoms with Crippen LogP contribution >= 0.6 is 0 Å². The highest BCUT2D eigenvalue weighted by Gasteiger charge is 2.25. The van der Waals surface area contributed by atoms with Crippen LogP contribution in [-0.4, -0.2) is 30.3 Å². The molecule has 0 radical (unpaired) electrons. The van der Waals surface area contributed by atoms with Crippen LogP contribution in [0.3, 0.4) is 0 Å². The molecule has 2 rings (SSSR count). The topological polar surface area (TPSA) is 40.5 Å². The zero-order valence-corrected chi connectivity index (χ0v) is 8.19. The maximum absolute atomic E-state index is 12.6. The summed E-state index contributed by atoms with van der Waals surface area (Å²) in [5.74, 6) is -0.837. The van der Waals surface area contributed by atoms with Crippen LogP contribution in [-0.2, 0) is 11.2 Å². The Morgan fingerprint density at radius 1 is 1.40 bits per heavy atom. The third kappa shape index (κ3) is 2.26. The second-order valence-electron chi connectivity index (χ2n) is 3.74. The number of halogens is 1. The Bertz CT molecular complexity index is 357. The fraction of sp³-hybridized carbons (Fsp3) is 0.364. The van der Waals surface area contributed by atoms with E-state index >= 15 is 0 Å². The molecule has 1 N–H and O–H groups in total. The molecule has 0 aromatic heterocycles. The highest BCUT2D eigenvalue weighted by molar-refractivity contribution is 5.70. The summed E-state index contributed by atoms with van der Waals surface area (Å²) in [6.07, 6.45) is -0.685. The normalized spacial score (nSPS) is 16.2. The van der Waals surface area contributed by atoms with Crippen LogP contribution in [0.25, 0.3) is 0 Å². The number of anilines is 1. The number of carboxylic acids is 1. The maximum Gasteiger partial charge on any atom is 0.307 e. The van der Waals surface area contributed by atoms with Crippen molar-refractivity contribution in [2.75, 3.05) is 18.0 Å². The Balaban J connectivity index is 2.01. The highest BCUT2D eigenvalue weighted by atomic mass is 19.1. The first-order chi connectivity index (χ1) is 7.15. The molecule has 0 amide bonds. The summed E-state index contributed by atoms with van der Waals surface area (Å²) in [7, 11) is 0. The van der Waals surface area contributed by atoms with Gasteiger partial charge in [0, 0.05) is 5.69 Å². The Hall–Kier alpha value is -1.58. The summed E-state index contributed by atoms with van der Waals surface area (Å²) in [6.45, 7) is 0.885. The fourth-order valence-electron chi connectivity index (χ4n) is 1.63. The van der Waals surface area contributed by atoms with Crippen LogP contribution in [0.5, 0.6) is 0 Å². The van der Waals surface area contributed by atoms with Crippen molar-refractivity contribution in [2.24, 2.45) is 0 Å². The van der Waals surface area contributed by atoms with Gasteiger partial charge in [-0.25, -0.2) is 4.39 Å². The first kappa shape index (κ1) is 9.96. The van der Waals surface area contributed by atoms with Gasteiger partial charge in [0.05, 0.1) is 19.5 Å². The van der Waals surface area contributed by atoms with Gasteiger partial charge in [-0.05, 0) is 17.7 Å². The number of carboxylic acid groups (broad SMARTS) is 1. The SMILES string of the molecule is O=C(O)Cc1ccc(N2CC(F)C2)cc1. The second kappa shape index (κ2) is 3.88. The predicted molar refractivity (Wildman–Crippen MR) is 54.9 cm³/mol. The fourth-order valence-corrected chi connectivity index (χ4v) is 1.63. The van der Waals surface area contributed by atoms with Gasteiger partial charge in [0.15, 0.2) is 0 Å². The average molecular weight is 209 g/mol. The third-order valence-electron chi connectivity index (χ3n) is 2.49. The van der Waals surface area contributed by atoms with E-state index in [0.717, 1.165) is 11.3 Å². The Morgan fingerprint density at radius 2 is 2.00 bits per heavy atom. The van der Waals surface area contributed by atoms with Gasteiger partial charge in [-0.1, -0.05) is 12.1 Å². The summed E-state index contributed by atoms with van der Waals surface area (Å²) < 4.78 is 12.6. The van der Waals surface area contributed by atoms with E-state index in [-0.39, 0.29) is 6.42 Å². The van der Waals surface area contributed by atoms with Crippen molar-refractivity contribution in [3.8, 4) is 0 Å². The molecular weight excluding hydrogens is 197 g/mol. The molecule has 1 heterocycles. The lowest BCUT2D eigenvalue weighted by atomic mass is 10.1. The van der Waals surface area contributed by atoms with Crippen molar-refractivity contribution < 1.29 is 14.3 Å². The minimum atomic E-state index is -0.837. The lowest BCUT2D eigenvalue weighted by Gasteiger charge is -2.36. The maximum atomic E-state index is 12.6. The van der Waals surface area contributed by atoms with Crippen LogP contribution < -0.4 is 4.90 Å². The van der Waals surface area contributed by atoms with Crippen LogP contribution in [0, 0.1) is 0 Å². The van der Waals surface area contributed by atoms with Crippen LogP contribution in [0.2, 0.25) is 0 Å². The van der Waals surface area contributed by atoms with Gasteiger partial charge >= 0.3 is 5.97 Å². The van der Waals surface area contributed by atoms with Gasteiger partial charge in [-0.3, -0.25) is 4.79 Å². The summed E-state index contributed by atoms with van der Waals surface area (Å²) >= 11 is 0. The molecule has 3 nitrogen and oxygen atoms in total. The molecule has 1 aliphatic heterocycles. The van der Waals surface area contributed by atoms with Crippen LogP contribution in [0.4, 0.5) is 10.1 Å². The van der Waals surface area contributed by atoms with E-state index < -0.39 is 12.1 Å². The molecule has 4 heteroatoms. The molecule has 80 valence electrons. The van der Waals surface area contributed by atoms with E-state index in [1.807, 2.05) is 17.0 Å². The van der Waals surface area contributed by atoms with Gasteiger partial charge in [0.25, 0.3) is 0 Å². The minimum Gasteiger partial charge on any atom is -0.481 e. The molecule has 0 spiro atoms. The molecule has 0 bridgehead atoms. The minimum absolute atomic E-state index is 0.0337.